The maximum atomic E-state index is 12.0. The van der Waals surface area contributed by atoms with Gasteiger partial charge in [-0.3, -0.25) is 10.1 Å². The lowest BCUT2D eigenvalue weighted by atomic mass is 10.4. The fraction of sp³-hybridized carbons (Fsp3) is 0.636. The summed E-state index contributed by atoms with van der Waals surface area (Å²) in [5, 5.41) is 10.7. The number of nitro groups is 1. The van der Waals surface area contributed by atoms with Crippen LogP contribution in [0.15, 0.2) is 10.3 Å². The van der Waals surface area contributed by atoms with E-state index in [-0.39, 0.29) is 20.8 Å². The second kappa shape index (κ2) is 8.04. The highest BCUT2D eigenvalue weighted by Crippen LogP contribution is 2.35. The Bertz CT molecular complexity index is 588. The van der Waals surface area contributed by atoms with Gasteiger partial charge in [0.1, 0.15) is 4.21 Å². The highest BCUT2D eigenvalue weighted by Gasteiger charge is 2.24. The first-order valence-corrected chi connectivity index (χ1v) is 9.15. The van der Waals surface area contributed by atoms with Gasteiger partial charge in [0.05, 0.1) is 4.92 Å². The molecule has 0 bridgehead atoms. The van der Waals surface area contributed by atoms with Gasteiger partial charge in [-0.1, -0.05) is 25.4 Å². The number of likely N-dealkylation sites (N-methyl/N-ethyl adjacent to an activating group) is 1. The Morgan fingerprint density at radius 2 is 2.10 bits per heavy atom. The summed E-state index contributed by atoms with van der Waals surface area (Å²) in [7, 11) is -3.76. The first-order chi connectivity index (χ1) is 9.81. The summed E-state index contributed by atoms with van der Waals surface area (Å²) in [6, 6.07) is 0.985. The Morgan fingerprint density at radius 3 is 2.57 bits per heavy atom. The smallest absolute Gasteiger partial charge is 0.300 e. The molecule has 1 heterocycles. The van der Waals surface area contributed by atoms with Crippen LogP contribution in [0.1, 0.15) is 20.3 Å². The van der Waals surface area contributed by atoms with Crippen molar-refractivity contribution in [3.05, 3.63) is 20.5 Å². The average molecular weight is 356 g/mol. The fourth-order valence-corrected chi connectivity index (χ4v) is 4.48. The third kappa shape index (κ3) is 5.19. The van der Waals surface area contributed by atoms with E-state index in [9.17, 15) is 18.5 Å². The van der Waals surface area contributed by atoms with Crippen molar-refractivity contribution < 1.29 is 13.3 Å². The minimum absolute atomic E-state index is 0.137. The van der Waals surface area contributed by atoms with Gasteiger partial charge in [0.2, 0.25) is 10.0 Å². The molecule has 1 N–H and O–H groups in total. The van der Waals surface area contributed by atoms with Crippen molar-refractivity contribution in [2.45, 2.75) is 24.5 Å². The summed E-state index contributed by atoms with van der Waals surface area (Å²) < 4.78 is 26.3. The van der Waals surface area contributed by atoms with Crippen LogP contribution in [0.4, 0.5) is 5.69 Å². The van der Waals surface area contributed by atoms with Crippen LogP contribution in [0.5, 0.6) is 0 Å². The molecule has 7 nitrogen and oxygen atoms in total. The van der Waals surface area contributed by atoms with E-state index in [1.165, 1.54) is 0 Å². The van der Waals surface area contributed by atoms with Crippen molar-refractivity contribution in [2.75, 3.05) is 26.2 Å². The van der Waals surface area contributed by atoms with Gasteiger partial charge in [-0.25, -0.2) is 13.1 Å². The van der Waals surface area contributed by atoms with Crippen LogP contribution in [-0.2, 0) is 10.0 Å². The molecular formula is C11H18ClN3O4S2. The first kappa shape index (κ1) is 18.3. The number of hydrogen-bond acceptors (Lipinski definition) is 6. The molecule has 0 aliphatic heterocycles. The molecule has 10 heteroatoms. The van der Waals surface area contributed by atoms with Gasteiger partial charge >= 0.3 is 0 Å². The number of halogens is 1. The number of nitrogens with zero attached hydrogens (tertiary/aromatic N) is 2. The van der Waals surface area contributed by atoms with Gasteiger partial charge in [-0.05, 0) is 19.5 Å². The highest BCUT2D eigenvalue weighted by molar-refractivity contribution is 7.91. The molecule has 1 aromatic rings. The third-order valence-electron chi connectivity index (χ3n) is 2.81. The lowest BCUT2D eigenvalue weighted by Crippen LogP contribution is -2.35. The fourth-order valence-electron chi connectivity index (χ4n) is 1.75. The van der Waals surface area contributed by atoms with E-state index >= 15 is 0 Å². The topological polar surface area (TPSA) is 92.6 Å². The zero-order valence-corrected chi connectivity index (χ0v) is 14.2. The molecule has 120 valence electrons. The largest absolute Gasteiger partial charge is 0.302 e. The minimum atomic E-state index is -3.76. The van der Waals surface area contributed by atoms with Gasteiger partial charge in [0.15, 0.2) is 4.34 Å². The maximum absolute atomic E-state index is 12.0. The van der Waals surface area contributed by atoms with Crippen molar-refractivity contribution in [3.8, 4) is 0 Å². The molecule has 0 spiro atoms. The van der Waals surface area contributed by atoms with Crippen LogP contribution in [0.2, 0.25) is 4.34 Å². The van der Waals surface area contributed by atoms with Crippen LogP contribution >= 0.6 is 22.9 Å². The molecule has 0 amide bonds. The van der Waals surface area contributed by atoms with Crippen molar-refractivity contribution >= 4 is 38.6 Å². The predicted octanol–water partition coefficient (Wildman–Crippen LogP) is 2.32. The van der Waals surface area contributed by atoms with E-state index < -0.39 is 14.9 Å². The molecule has 0 radical (unpaired) electrons. The lowest BCUT2D eigenvalue weighted by molar-refractivity contribution is -0.384. The Hall–Kier alpha value is -0.740. The summed E-state index contributed by atoms with van der Waals surface area (Å²) in [5.41, 5.74) is -0.386. The SMILES string of the molecule is CCCN(CC)CCNS(=O)(=O)c1cc([N+](=O)[O-])c(Cl)s1. The molecule has 0 fully saturated rings. The first-order valence-electron chi connectivity index (χ1n) is 6.47. The van der Waals surface area contributed by atoms with E-state index in [1.54, 1.807) is 0 Å². The maximum Gasteiger partial charge on any atom is 0.300 e. The Kier molecular flexibility index (Phi) is 7.01. The quantitative estimate of drug-likeness (QED) is 0.542. The van der Waals surface area contributed by atoms with Crippen LogP contribution in [0.25, 0.3) is 0 Å². The molecular weight excluding hydrogens is 338 g/mol. The van der Waals surface area contributed by atoms with Crippen LogP contribution in [0.3, 0.4) is 0 Å². The summed E-state index contributed by atoms with van der Waals surface area (Å²) >= 11 is 6.35. The van der Waals surface area contributed by atoms with Gasteiger partial charge < -0.3 is 4.90 Å². The van der Waals surface area contributed by atoms with Crippen molar-refractivity contribution in [1.82, 2.24) is 9.62 Å². The van der Waals surface area contributed by atoms with Crippen molar-refractivity contribution in [2.24, 2.45) is 0 Å². The third-order valence-corrected chi connectivity index (χ3v) is 6.09. The summed E-state index contributed by atoms with van der Waals surface area (Å²) in [5.74, 6) is 0. The minimum Gasteiger partial charge on any atom is -0.302 e. The molecule has 0 aromatic carbocycles. The second-order valence-electron chi connectivity index (χ2n) is 4.31. The van der Waals surface area contributed by atoms with Crippen LogP contribution in [-0.4, -0.2) is 44.4 Å². The number of hydrogen-bond donors (Lipinski definition) is 1. The number of nitrogens with one attached hydrogen (secondary N) is 1. The van der Waals surface area contributed by atoms with Gasteiger partial charge in [0.25, 0.3) is 5.69 Å². The number of sulfonamides is 1. The van der Waals surface area contributed by atoms with Gasteiger partial charge in [-0.15, -0.1) is 11.3 Å². The van der Waals surface area contributed by atoms with E-state index in [2.05, 4.69) is 16.5 Å². The van der Waals surface area contributed by atoms with Gasteiger partial charge in [0, 0.05) is 19.2 Å². The Balaban J connectivity index is 2.69. The van der Waals surface area contributed by atoms with E-state index in [0.29, 0.717) is 17.9 Å². The molecule has 0 saturated carbocycles. The Labute approximate surface area is 133 Å². The monoisotopic (exact) mass is 355 g/mol. The summed E-state index contributed by atoms with van der Waals surface area (Å²) in [4.78, 5) is 12.1. The molecule has 0 atom stereocenters. The zero-order chi connectivity index (χ0) is 16.0. The van der Waals surface area contributed by atoms with Gasteiger partial charge in [-0.2, -0.15) is 0 Å². The normalized spacial score (nSPS) is 12.0. The highest BCUT2D eigenvalue weighted by atomic mass is 35.5. The molecule has 1 rings (SSSR count). The predicted molar refractivity (Wildman–Crippen MR) is 83.6 cm³/mol. The molecule has 21 heavy (non-hydrogen) atoms. The Morgan fingerprint density at radius 1 is 1.43 bits per heavy atom. The average Bonchev–Trinajstić information content (AvgIpc) is 2.80. The van der Waals surface area contributed by atoms with Crippen LogP contribution < -0.4 is 4.72 Å². The molecule has 0 aliphatic carbocycles. The second-order valence-corrected chi connectivity index (χ2v) is 7.96. The van der Waals surface area contributed by atoms with Crippen LogP contribution in [0, 0.1) is 10.1 Å². The number of rotatable bonds is 9. The molecule has 0 unspecified atom stereocenters. The summed E-state index contributed by atoms with van der Waals surface area (Å²) in [6.07, 6.45) is 0.993. The standard InChI is InChI=1S/C11H18ClN3O4S2/c1-3-6-14(4-2)7-5-13-21(18,19)10-8-9(15(16)17)11(12)20-10/h8,13H,3-7H2,1-2H3. The van der Waals surface area contributed by atoms with E-state index in [0.717, 1.165) is 25.6 Å². The van der Waals surface area contributed by atoms with Crippen molar-refractivity contribution in [1.29, 1.82) is 0 Å². The molecule has 1 aromatic heterocycles. The zero-order valence-electron chi connectivity index (χ0n) is 11.8. The molecule has 0 saturated heterocycles. The van der Waals surface area contributed by atoms with E-state index in [1.807, 2.05) is 6.92 Å². The van der Waals surface area contributed by atoms with Crippen molar-refractivity contribution in [3.63, 3.8) is 0 Å². The number of thiophene rings is 1. The van der Waals surface area contributed by atoms with E-state index in [4.69, 9.17) is 11.6 Å². The lowest BCUT2D eigenvalue weighted by Gasteiger charge is -2.19. The molecule has 0 aliphatic rings. The summed E-state index contributed by atoms with van der Waals surface area (Å²) in [6.45, 7) is 6.64.